The Morgan fingerprint density at radius 1 is 1.37 bits per heavy atom. The summed E-state index contributed by atoms with van der Waals surface area (Å²) in [6, 6.07) is 1.12. The van der Waals surface area contributed by atoms with Crippen LogP contribution in [0, 0.1) is 11.6 Å². The van der Waals surface area contributed by atoms with Gasteiger partial charge in [0.15, 0.2) is 0 Å². The first-order chi connectivity index (χ1) is 8.77. The standard InChI is InChI=1S/C11H16F2N2O3S/c1-2-3-7(16)6-15-19(17,18)11-5-10(14)8(12)4-9(11)13/h4-5,7,15-16H,2-3,6,14H2,1H3. The number of sulfonamides is 1. The maximum absolute atomic E-state index is 13.4. The van der Waals surface area contributed by atoms with Gasteiger partial charge in [-0.1, -0.05) is 13.3 Å². The van der Waals surface area contributed by atoms with E-state index in [0.717, 1.165) is 0 Å². The van der Waals surface area contributed by atoms with Crippen LogP contribution in [0.1, 0.15) is 19.8 Å². The average Bonchev–Trinajstić information content (AvgIpc) is 2.31. The Labute approximate surface area is 110 Å². The number of nitrogens with one attached hydrogen (secondary N) is 1. The van der Waals surface area contributed by atoms with E-state index in [1.807, 2.05) is 6.92 Å². The SMILES string of the molecule is CCCC(O)CNS(=O)(=O)c1cc(N)c(F)cc1F. The molecule has 0 aromatic heterocycles. The fraction of sp³-hybridized carbons (Fsp3) is 0.455. The Morgan fingerprint density at radius 3 is 2.58 bits per heavy atom. The summed E-state index contributed by atoms with van der Waals surface area (Å²) in [7, 11) is -4.18. The summed E-state index contributed by atoms with van der Waals surface area (Å²) in [5.74, 6) is -2.26. The number of hydrogen-bond donors (Lipinski definition) is 3. The topological polar surface area (TPSA) is 92.4 Å². The van der Waals surface area contributed by atoms with Gasteiger partial charge < -0.3 is 10.8 Å². The highest BCUT2D eigenvalue weighted by atomic mass is 32.2. The van der Waals surface area contributed by atoms with Gasteiger partial charge in [-0.15, -0.1) is 0 Å². The van der Waals surface area contributed by atoms with Crippen molar-refractivity contribution in [2.75, 3.05) is 12.3 Å². The van der Waals surface area contributed by atoms with Gasteiger partial charge in [-0.2, -0.15) is 0 Å². The van der Waals surface area contributed by atoms with Crippen LogP contribution in [-0.2, 0) is 10.0 Å². The third kappa shape index (κ3) is 4.12. The lowest BCUT2D eigenvalue weighted by molar-refractivity contribution is 0.167. The monoisotopic (exact) mass is 294 g/mol. The smallest absolute Gasteiger partial charge is 0.243 e. The largest absolute Gasteiger partial charge is 0.396 e. The van der Waals surface area contributed by atoms with Crippen molar-refractivity contribution in [3.8, 4) is 0 Å². The molecule has 19 heavy (non-hydrogen) atoms. The van der Waals surface area contributed by atoms with Crippen LogP contribution in [0.15, 0.2) is 17.0 Å². The highest BCUT2D eigenvalue weighted by Crippen LogP contribution is 2.20. The number of anilines is 1. The lowest BCUT2D eigenvalue weighted by Gasteiger charge is -2.12. The van der Waals surface area contributed by atoms with E-state index in [4.69, 9.17) is 5.73 Å². The molecule has 0 aliphatic rings. The molecule has 1 unspecified atom stereocenters. The summed E-state index contributed by atoms with van der Waals surface area (Å²) in [4.78, 5) is -0.741. The van der Waals surface area contributed by atoms with E-state index in [1.165, 1.54) is 0 Å². The Morgan fingerprint density at radius 2 is 2.00 bits per heavy atom. The van der Waals surface area contributed by atoms with Gasteiger partial charge in [-0.05, 0) is 12.5 Å². The zero-order valence-electron chi connectivity index (χ0n) is 10.4. The van der Waals surface area contributed by atoms with Crippen molar-refractivity contribution in [2.45, 2.75) is 30.8 Å². The fourth-order valence-corrected chi connectivity index (χ4v) is 2.63. The number of nitrogen functional groups attached to an aromatic ring is 1. The maximum Gasteiger partial charge on any atom is 0.243 e. The molecule has 0 aliphatic carbocycles. The van der Waals surface area contributed by atoms with Gasteiger partial charge in [0.2, 0.25) is 10.0 Å². The second kappa shape index (κ2) is 6.27. The van der Waals surface area contributed by atoms with Crippen LogP contribution in [0.4, 0.5) is 14.5 Å². The summed E-state index contributed by atoms with van der Waals surface area (Å²) < 4.78 is 52.0. The molecular weight excluding hydrogens is 278 g/mol. The molecule has 1 aromatic rings. The number of nitrogens with two attached hydrogens (primary N) is 1. The zero-order valence-corrected chi connectivity index (χ0v) is 11.2. The number of aliphatic hydroxyl groups excluding tert-OH is 1. The van der Waals surface area contributed by atoms with Crippen molar-refractivity contribution in [1.82, 2.24) is 4.72 Å². The molecule has 4 N–H and O–H groups in total. The van der Waals surface area contributed by atoms with E-state index in [9.17, 15) is 22.3 Å². The van der Waals surface area contributed by atoms with Crippen molar-refractivity contribution < 1.29 is 22.3 Å². The molecule has 5 nitrogen and oxygen atoms in total. The number of benzene rings is 1. The average molecular weight is 294 g/mol. The van der Waals surface area contributed by atoms with E-state index in [-0.39, 0.29) is 6.54 Å². The molecule has 8 heteroatoms. The van der Waals surface area contributed by atoms with Crippen molar-refractivity contribution in [1.29, 1.82) is 0 Å². The molecule has 0 aliphatic heterocycles. The van der Waals surface area contributed by atoms with Gasteiger partial charge in [-0.3, -0.25) is 0 Å². The lowest BCUT2D eigenvalue weighted by atomic mass is 10.2. The Hall–Kier alpha value is -1.25. The minimum Gasteiger partial charge on any atom is -0.396 e. The molecule has 0 radical (unpaired) electrons. The minimum atomic E-state index is -4.18. The molecule has 0 spiro atoms. The molecule has 0 amide bonds. The van der Waals surface area contributed by atoms with E-state index < -0.39 is 38.3 Å². The molecule has 0 saturated carbocycles. The van der Waals surface area contributed by atoms with Gasteiger partial charge in [0.25, 0.3) is 0 Å². The van der Waals surface area contributed by atoms with Crippen LogP contribution in [0.2, 0.25) is 0 Å². The van der Waals surface area contributed by atoms with Gasteiger partial charge >= 0.3 is 0 Å². The molecule has 1 rings (SSSR count). The van der Waals surface area contributed by atoms with Crippen molar-refractivity contribution in [3.63, 3.8) is 0 Å². The highest BCUT2D eigenvalue weighted by Gasteiger charge is 2.21. The lowest BCUT2D eigenvalue weighted by Crippen LogP contribution is -2.32. The molecule has 1 atom stereocenters. The third-order valence-electron chi connectivity index (χ3n) is 2.47. The quantitative estimate of drug-likeness (QED) is 0.682. The summed E-state index contributed by atoms with van der Waals surface area (Å²) in [5, 5.41) is 9.42. The summed E-state index contributed by atoms with van der Waals surface area (Å²) in [5.41, 5.74) is 4.74. The second-order valence-electron chi connectivity index (χ2n) is 4.10. The van der Waals surface area contributed by atoms with E-state index >= 15 is 0 Å². The Bertz CT molecular complexity index is 549. The Balaban J connectivity index is 2.92. The number of rotatable bonds is 6. The summed E-state index contributed by atoms with van der Waals surface area (Å²) in [6.45, 7) is 1.59. The molecule has 0 heterocycles. The van der Waals surface area contributed by atoms with Crippen molar-refractivity contribution in [2.24, 2.45) is 0 Å². The number of hydrogen-bond acceptors (Lipinski definition) is 4. The molecule has 1 aromatic carbocycles. The van der Waals surface area contributed by atoms with Crippen LogP contribution in [-0.4, -0.2) is 26.2 Å². The van der Waals surface area contributed by atoms with Gasteiger partial charge in [0.1, 0.15) is 16.5 Å². The van der Waals surface area contributed by atoms with Crippen LogP contribution in [0.5, 0.6) is 0 Å². The van der Waals surface area contributed by atoms with Crippen molar-refractivity contribution >= 4 is 15.7 Å². The van der Waals surface area contributed by atoms with E-state index in [2.05, 4.69) is 4.72 Å². The molecular formula is C11H16F2N2O3S. The number of aliphatic hydroxyl groups is 1. The van der Waals surface area contributed by atoms with Crippen LogP contribution < -0.4 is 10.5 Å². The number of halogens is 2. The molecule has 0 bridgehead atoms. The van der Waals surface area contributed by atoms with Gasteiger partial charge in [0, 0.05) is 12.6 Å². The van der Waals surface area contributed by atoms with Crippen LogP contribution >= 0.6 is 0 Å². The molecule has 0 fully saturated rings. The first-order valence-corrected chi connectivity index (χ1v) is 7.18. The first-order valence-electron chi connectivity index (χ1n) is 5.70. The van der Waals surface area contributed by atoms with Crippen LogP contribution in [0.25, 0.3) is 0 Å². The summed E-state index contributed by atoms with van der Waals surface area (Å²) >= 11 is 0. The maximum atomic E-state index is 13.4. The zero-order chi connectivity index (χ0) is 14.6. The molecule has 108 valence electrons. The Kier molecular flexibility index (Phi) is 5.21. The van der Waals surface area contributed by atoms with E-state index in [0.29, 0.717) is 25.0 Å². The third-order valence-corrected chi connectivity index (χ3v) is 3.91. The van der Waals surface area contributed by atoms with Crippen LogP contribution in [0.3, 0.4) is 0 Å². The summed E-state index contributed by atoms with van der Waals surface area (Å²) in [6.07, 6.45) is 0.234. The van der Waals surface area contributed by atoms with Gasteiger partial charge in [0.05, 0.1) is 11.8 Å². The van der Waals surface area contributed by atoms with Gasteiger partial charge in [-0.25, -0.2) is 21.9 Å². The molecule has 0 saturated heterocycles. The minimum absolute atomic E-state index is 0.243. The predicted octanol–water partition coefficient (Wildman–Crippen LogP) is 0.986. The normalized spacial score (nSPS) is 13.5. The second-order valence-corrected chi connectivity index (χ2v) is 5.83. The highest BCUT2D eigenvalue weighted by molar-refractivity contribution is 7.89. The first kappa shape index (κ1) is 15.8. The van der Waals surface area contributed by atoms with Crippen molar-refractivity contribution in [3.05, 3.63) is 23.8 Å². The van der Waals surface area contributed by atoms with E-state index in [1.54, 1.807) is 0 Å². The fourth-order valence-electron chi connectivity index (χ4n) is 1.47. The predicted molar refractivity (Wildman–Crippen MR) is 66.9 cm³/mol.